The van der Waals surface area contributed by atoms with E-state index in [0.717, 1.165) is 16.3 Å². The van der Waals surface area contributed by atoms with Crippen LogP contribution in [-0.4, -0.2) is 42.7 Å². The van der Waals surface area contributed by atoms with Crippen molar-refractivity contribution in [2.24, 2.45) is 0 Å². The molecule has 3 rings (SSSR count). The Labute approximate surface area is 158 Å². The largest absolute Gasteiger partial charge is 0.354 e. The normalized spacial score (nSPS) is 18.2. The first-order valence-electron chi connectivity index (χ1n) is 8.65. The topological polar surface area (TPSA) is 79.4 Å². The van der Waals surface area contributed by atoms with Crippen LogP contribution < -0.4 is 5.32 Å². The van der Waals surface area contributed by atoms with Crippen molar-refractivity contribution in [2.75, 3.05) is 13.1 Å². The molecule has 8 heteroatoms. The molecule has 1 aromatic carbocycles. The summed E-state index contributed by atoms with van der Waals surface area (Å²) in [6, 6.07) is 6.10. The summed E-state index contributed by atoms with van der Waals surface area (Å²) in [6.07, 6.45) is 1.88. The van der Waals surface area contributed by atoms with Crippen molar-refractivity contribution in [2.45, 2.75) is 44.0 Å². The van der Waals surface area contributed by atoms with Crippen molar-refractivity contribution in [3.05, 3.63) is 45.9 Å². The average molecular weight is 394 g/mol. The lowest BCUT2D eigenvalue weighted by atomic mass is 10.2. The first kappa shape index (κ1) is 19.0. The lowest BCUT2D eigenvalue weighted by Gasteiger charge is -2.23. The molecule has 0 bridgehead atoms. The number of carbonyl (C=O) groups excluding carboxylic acids is 1. The minimum absolute atomic E-state index is 0.231. The minimum atomic E-state index is -3.66. The van der Waals surface area contributed by atoms with Crippen molar-refractivity contribution in [1.29, 1.82) is 0 Å². The van der Waals surface area contributed by atoms with Gasteiger partial charge in [-0.2, -0.15) is 4.31 Å². The fourth-order valence-corrected chi connectivity index (χ4v) is 5.39. The smallest absolute Gasteiger partial charge is 0.243 e. The molecule has 6 nitrogen and oxygen atoms in total. The lowest BCUT2D eigenvalue weighted by molar-refractivity contribution is -0.124. The second-order valence-electron chi connectivity index (χ2n) is 6.49. The summed E-state index contributed by atoms with van der Waals surface area (Å²) >= 11 is 1.58. The first-order valence-corrected chi connectivity index (χ1v) is 11.0. The van der Waals surface area contributed by atoms with Crippen LogP contribution >= 0.6 is 11.3 Å². The molecule has 2 aromatic rings. The highest BCUT2D eigenvalue weighted by Gasteiger charge is 2.39. The molecular formula is C18H23N3O3S2. The Hall–Kier alpha value is -1.77. The van der Waals surface area contributed by atoms with Crippen molar-refractivity contribution in [3.63, 3.8) is 0 Å². The third-order valence-corrected chi connectivity index (χ3v) is 7.23. The number of nitrogens with zero attached hydrogens (tertiary/aromatic N) is 2. The van der Waals surface area contributed by atoms with E-state index in [1.807, 2.05) is 19.2 Å². The number of aryl methyl sites for hydroxylation is 2. The zero-order valence-corrected chi connectivity index (χ0v) is 16.6. The van der Waals surface area contributed by atoms with Gasteiger partial charge in [0, 0.05) is 24.9 Å². The van der Waals surface area contributed by atoms with Crippen LogP contribution in [0.25, 0.3) is 0 Å². The van der Waals surface area contributed by atoms with Gasteiger partial charge < -0.3 is 5.32 Å². The van der Waals surface area contributed by atoms with Crippen LogP contribution in [0.3, 0.4) is 0 Å². The molecule has 1 N–H and O–H groups in total. The standard InChI is InChI=1S/C18H23N3O3S2/c1-13-5-7-16(8-6-13)26(23,24)21-11-3-4-17(21)18(22)19-10-9-15-12-25-14(2)20-15/h5-8,12,17H,3-4,9-11H2,1-2H3,(H,19,22)/t17-/m1/s1. The van der Waals surface area contributed by atoms with Crippen molar-refractivity contribution in [1.82, 2.24) is 14.6 Å². The van der Waals surface area contributed by atoms with Crippen LogP contribution in [0, 0.1) is 13.8 Å². The number of hydrogen-bond acceptors (Lipinski definition) is 5. The maximum absolute atomic E-state index is 12.9. The highest BCUT2D eigenvalue weighted by Crippen LogP contribution is 2.26. The van der Waals surface area contributed by atoms with Gasteiger partial charge in [0.15, 0.2) is 0 Å². The third kappa shape index (κ3) is 4.13. The lowest BCUT2D eigenvalue weighted by Crippen LogP contribution is -2.46. The molecule has 1 saturated heterocycles. The summed E-state index contributed by atoms with van der Waals surface area (Å²) in [5, 5.41) is 5.84. The molecule has 0 spiro atoms. The number of sulfonamides is 1. The molecule has 1 aliphatic heterocycles. The van der Waals surface area contributed by atoms with Gasteiger partial charge in [-0.15, -0.1) is 11.3 Å². The van der Waals surface area contributed by atoms with E-state index in [0.29, 0.717) is 32.4 Å². The van der Waals surface area contributed by atoms with Crippen LogP contribution in [0.4, 0.5) is 0 Å². The van der Waals surface area contributed by atoms with E-state index < -0.39 is 16.1 Å². The molecule has 140 valence electrons. The molecule has 1 aliphatic rings. The second-order valence-corrected chi connectivity index (χ2v) is 9.44. The van der Waals surface area contributed by atoms with Gasteiger partial charge in [-0.3, -0.25) is 4.79 Å². The molecule has 2 heterocycles. The van der Waals surface area contributed by atoms with Gasteiger partial charge in [0.25, 0.3) is 0 Å². The Balaban J connectivity index is 1.65. The van der Waals surface area contributed by atoms with Crippen LogP contribution in [-0.2, 0) is 21.2 Å². The number of carbonyl (C=O) groups is 1. The number of rotatable bonds is 6. The van der Waals surface area contributed by atoms with E-state index in [-0.39, 0.29) is 10.8 Å². The zero-order valence-electron chi connectivity index (χ0n) is 14.9. The fourth-order valence-electron chi connectivity index (χ4n) is 3.09. The van der Waals surface area contributed by atoms with E-state index >= 15 is 0 Å². The van der Waals surface area contributed by atoms with E-state index in [2.05, 4.69) is 10.3 Å². The fraction of sp³-hybridized carbons (Fsp3) is 0.444. The number of thiazole rings is 1. The summed E-state index contributed by atoms with van der Waals surface area (Å²) in [5.74, 6) is -0.231. The Morgan fingerprint density at radius 1 is 1.31 bits per heavy atom. The van der Waals surface area contributed by atoms with Crippen LogP contribution in [0.15, 0.2) is 34.5 Å². The van der Waals surface area contributed by atoms with E-state index in [9.17, 15) is 13.2 Å². The Bertz CT molecular complexity index is 875. The zero-order chi connectivity index (χ0) is 18.7. The summed E-state index contributed by atoms with van der Waals surface area (Å²) in [6.45, 7) is 4.68. The second kappa shape index (κ2) is 7.85. The average Bonchev–Trinajstić information content (AvgIpc) is 3.24. The molecule has 1 atom stereocenters. The number of nitrogens with one attached hydrogen (secondary N) is 1. The number of aromatic nitrogens is 1. The van der Waals surface area contributed by atoms with Crippen molar-refractivity contribution < 1.29 is 13.2 Å². The molecule has 26 heavy (non-hydrogen) atoms. The molecule has 1 fully saturated rings. The molecule has 0 saturated carbocycles. The van der Waals surface area contributed by atoms with Crippen LogP contribution in [0.1, 0.15) is 29.1 Å². The molecule has 1 amide bonds. The van der Waals surface area contributed by atoms with Gasteiger partial charge in [-0.1, -0.05) is 17.7 Å². The quantitative estimate of drug-likeness (QED) is 0.817. The maximum Gasteiger partial charge on any atom is 0.243 e. The monoisotopic (exact) mass is 393 g/mol. The van der Waals surface area contributed by atoms with E-state index in [1.54, 1.807) is 35.6 Å². The van der Waals surface area contributed by atoms with Crippen molar-refractivity contribution >= 4 is 27.3 Å². The number of amides is 1. The van der Waals surface area contributed by atoms with E-state index in [1.165, 1.54) is 4.31 Å². The molecule has 0 radical (unpaired) electrons. The maximum atomic E-state index is 12.9. The van der Waals surface area contributed by atoms with Crippen molar-refractivity contribution in [3.8, 4) is 0 Å². The summed E-state index contributed by atoms with van der Waals surface area (Å²) in [4.78, 5) is 17.2. The predicted molar refractivity (Wildman–Crippen MR) is 102 cm³/mol. The first-order chi connectivity index (χ1) is 12.4. The molecule has 0 aliphatic carbocycles. The van der Waals surface area contributed by atoms with Gasteiger partial charge in [-0.25, -0.2) is 13.4 Å². The van der Waals surface area contributed by atoms with Crippen LogP contribution in [0.2, 0.25) is 0 Å². The molecular weight excluding hydrogens is 370 g/mol. The van der Waals surface area contributed by atoms with Crippen LogP contribution in [0.5, 0.6) is 0 Å². The van der Waals surface area contributed by atoms with Gasteiger partial charge in [0.2, 0.25) is 15.9 Å². The number of benzene rings is 1. The summed E-state index contributed by atoms with van der Waals surface area (Å²) < 4.78 is 27.1. The molecule has 0 unspecified atom stereocenters. The van der Waals surface area contributed by atoms with Gasteiger partial charge in [0.05, 0.1) is 15.6 Å². The minimum Gasteiger partial charge on any atom is -0.354 e. The Morgan fingerprint density at radius 3 is 2.69 bits per heavy atom. The van der Waals surface area contributed by atoms with Gasteiger partial charge >= 0.3 is 0 Å². The van der Waals surface area contributed by atoms with Gasteiger partial charge in [0.1, 0.15) is 6.04 Å². The highest BCUT2D eigenvalue weighted by molar-refractivity contribution is 7.89. The Kier molecular flexibility index (Phi) is 5.74. The molecule has 1 aromatic heterocycles. The predicted octanol–water partition coefficient (Wildman–Crippen LogP) is 2.27. The van der Waals surface area contributed by atoms with E-state index in [4.69, 9.17) is 0 Å². The number of hydrogen-bond donors (Lipinski definition) is 1. The Morgan fingerprint density at radius 2 is 2.04 bits per heavy atom. The summed E-state index contributed by atoms with van der Waals surface area (Å²) in [5.41, 5.74) is 1.94. The van der Waals surface area contributed by atoms with Gasteiger partial charge in [-0.05, 0) is 38.8 Å². The third-order valence-electron chi connectivity index (χ3n) is 4.48. The summed E-state index contributed by atoms with van der Waals surface area (Å²) in [7, 11) is -3.66. The SMILES string of the molecule is Cc1ccc(S(=O)(=O)N2CCC[C@@H]2C(=O)NCCc2csc(C)n2)cc1. The highest BCUT2D eigenvalue weighted by atomic mass is 32.2.